The first-order chi connectivity index (χ1) is 27.7. The van der Waals surface area contributed by atoms with E-state index >= 15 is 0 Å². The molecule has 58 heavy (non-hydrogen) atoms. The van der Waals surface area contributed by atoms with Gasteiger partial charge < -0.3 is 62.9 Å². The third kappa shape index (κ3) is 11.3. The van der Waals surface area contributed by atoms with Crippen molar-refractivity contribution in [2.75, 3.05) is 38.2 Å². The average Bonchev–Trinajstić information content (AvgIpc) is 3.17. The highest BCUT2D eigenvalue weighted by Gasteiger charge is 2.34. The molecule has 302 valence electrons. The van der Waals surface area contributed by atoms with E-state index in [4.69, 9.17) is 38.6 Å². The fraction of sp³-hybridized carbons (Fsp3) is 0.200. The number of guanidine groups is 1. The van der Waals surface area contributed by atoms with Gasteiger partial charge in [-0.2, -0.15) is 0 Å². The number of fused-ring (bicyclic) bond motifs is 2. The lowest BCUT2D eigenvalue weighted by Crippen LogP contribution is -2.65. The van der Waals surface area contributed by atoms with Crippen molar-refractivity contribution in [2.24, 2.45) is 22.2 Å². The van der Waals surface area contributed by atoms with Crippen LogP contribution >= 0.6 is 12.2 Å². The van der Waals surface area contributed by atoms with E-state index in [9.17, 15) is 34.5 Å². The van der Waals surface area contributed by atoms with Gasteiger partial charge in [0.1, 0.15) is 22.8 Å². The molecule has 0 bridgehead atoms. The number of anilines is 1. The van der Waals surface area contributed by atoms with Crippen molar-refractivity contribution in [3.63, 3.8) is 0 Å². The third-order valence-electron chi connectivity index (χ3n) is 8.61. The van der Waals surface area contributed by atoms with Crippen LogP contribution in [0.2, 0.25) is 0 Å². The second kappa shape index (κ2) is 19.2. The van der Waals surface area contributed by atoms with Gasteiger partial charge in [-0.3, -0.25) is 19.4 Å². The van der Waals surface area contributed by atoms with Crippen LogP contribution in [0.5, 0.6) is 11.5 Å². The number of hydrogen-bond donors (Lipinski definition) is 10. The van der Waals surface area contributed by atoms with Crippen LogP contribution in [-0.2, 0) is 14.3 Å². The molecule has 1 atom stereocenters. The van der Waals surface area contributed by atoms with Crippen molar-refractivity contribution in [1.29, 1.82) is 0 Å². The highest BCUT2D eigenvalue weighted by Crippen LogP contribution is 2.42. The van der Waals surface area contributed by atoms with Gasteiger partial charge in [0.05, 0.1) is 18.8 Å². The van der Waals surface area contributed by atoms with E-state index < -0.39 is 23.4 Å². The molecule has 1 aliphatic carbocycles. The predicted octanol–water partition coefficient (Wildman–Crippen LogP) is 2.63. The third-order valence-corrected chi connectivity index (χ3v) is 8.86. The molecular weight excluding hydrogens is 769 g/mol. The number of phenols is 2. The summed E-state index contributed by atoms with van der Waals surface area (Å²) in [4.78, 5) is 54.4. The second-order valence-corrected chi connectivity index (χ2v) is 13.3. The summed E-state index contributed by atoms with van der Waals surface area (Å²) in [6.45, 7) is 0.795. The molecule has 2 amide bonds. The fourth-order valence-electron chi connectivity index (χ4n) is 5.89. The molecule has 0 aromatic heterocycles. The number of nitrogens with one attached hydrogen (secondary N) is 4. The summed E-state index contributed by atoms with van der Waals surface area (Å²) in [6, 6.07) is 19.6. The lowest BCUT2D eigenvalue weighted by Gasteiger charge is -2.28. The summed E-state index contributed by atoms with van der Waals surface area (Å²) in [5.41, 5.74) is 17.7. The highest BCUT2D eigenvalue weighted by molar-refractivity contribution is 7.80. The molecule has 0 saturated carbocycles. The monoisotopic (exact) mass is 810 g/mol. The molecule has 1 heterocycles. The highest BCUT2D eigenvalue weighted by atomic mass is 32.1. The van der Waals surface area contributed by atoms with Gasteiger partial charge in [0, 0.05) is 60.0 Å². The summed E-state index contributed by atoms with van der Waals surface area (Å²) in [5.74, 6) is -2.34. The molecule has 3 aromatic carbocycles. The van der Waals surface area contributed by atoms with Gasteiger partial charge in [0.15, 0.2) is 22.2 Å². The number of aromatic carboxylic acids is 1. The molecule has 0 fully saturated rings. The Morgan fingerprint density at radius 2 is 1.60 bits per heavy atom. The topological polar surface area (TPSA) is 290 Å². The molecule has 17 nitrogen and oxygen atoms in total. The lowest BCUT2D eigenvalue weighted by atomic mass is 9.90. The Morgan fingerprint density at radius 1 is 0.897 bits per heavy atom. The zero-order chi connectivity index (χ0) is 41.8. The van der Waals surface area contributed by atoms with Gasteiger partial charge in [0.25, 0.3) is 5.91 Å². The molecule has 1 aliphatic heterocycles. The van der Waals surface area contributed by atoms with Crippen LogP contribution in [0.15, 0.2) is 99.1 Å². The Balaban J connectivity index is 1.13. The van der Waals surface area contributed by atoms with Crippen LogP contribution < -0.4 is 43.9 Å². The van der Waals surface area contributed by atoms with Gasteiger partial charge in [-0.15, -0.1) is 0 Å². The quantitative estimate of drug-likeness (QED) is 0.0123. The number of ether oxygens (including phenoxy) is 1. The zero-order valence-corrected chi connectivity index (χ0v) is 31.8. The number of carboxylic acid groups (broad SMARTS) is 1. The van der Waals surface area contributed by atoms with E-state index in [1.54, 1.807) is 36.4 Å². The van der Waals surface area contributed by atoms with Crippen LogP contribution in [0.4, 0.5) is 5.69 Å². The maximum atomic E-state index is 13.2. The van der Waals surface area contributed by atoms with Gasteiger partial charge >= 0.3 is 5.97 Å². The van der Waals surface area contributed by atoms with Crippen LogP contribution in [0.25, 0.3) is 39.5 Å². The Labute approximate surface area is 336 Å². The van der Waals surface area contributed by atoms with Gasteiger partial charge in [-0.1, -0.05) is 18.2 Å². The standard InChI is InChI=1S/C40H42N8O9S/c41-38(42)45-15-1-14-40(43,48-34(52)13-4-23-2-6-25(49)7-3-23)37(55)44-16-18-56-19-17-46-39(58)47-24-5-10-28(31(20-24)36(53)54)35-29-11-8-26(50)21-32(29)57-33-22-27(51)9-12-30(33)35/h2-13,20-22,49-50H,1,14-19,43H2,(H,44,55)(H,48,52)(H,53,54)(H4,41,42,45)(H2,46,47,58)/b13-4+/t40-/m1/s1. The van der Waals surface area contributed by atoms with E-state index in [1.807, 2.05) is 0 Å². The number of nitrogens with zero attached hydrogens (tertiary/aromatic N) is 1. The summed E-state index contributed by atoms with van der Waals surface area (Å²) in [7, 11) is 0. The lowest BCUT2D eigenvalue weighted by molar-refractivity contribution is -0.132. The van der Waals surface area contributed by atoms with E-state index in [0.29, 0.717) is 33.3 Å². The predicted molar refractivity (Wildman–Crippen MR) is 223 cm³/mol. The van der Waals surface area contributed by atoms with Crippen LogP contribution in [-0.4, -0.2) is 82.7 Å². The van der Waals surface area contributed by atoms with Crippen molar-refractivity contribution < 1.29 is 38.9 Å². The van der Waals surface area contributed by atoms with Gasteiger partial charge in [-0.25, -0.2) is 4.79 Å². The summed E-state index contributed by atoms with van der Waals surface area (Å²) >= 11 is 5.41. The molecular formula is C40H42N8O9S. The van der Waals surface area contributed by atoms with Gasteiger partial charge in [0.2, 0.25) is 5.91 Å². The largest absolute Gasteiger partial charge is 0.508 e. The minimum absolute atomic E-state index is 0.0191. The molecule has 13 N–H and O–H groups in total. The van der Waals surface area contributed by atoms with Crippen LogP contribution in [0.1, 0.15) is 28.8 Å². The Hall–Kier alpha value is -7.02. The number of amides is 2. The minimum atomic E-state index is -1.79. The first-order valence-electron chi connectivity index (χ1n) is 17.8. The number of rotatable bonds is 17. The number of nitrogens with two attached hydrogens (primary N) is 3. The molecule has 0 saturated heterocycles. The summed E-state index contributed by atoms with van der Waals surface area (Å²) < 4.78 is 11.5. The van der Waals surface area contributed by atoms with E-state index in [-0.39, 0.29) is 90.6 Å². The minimum Gasteiger partial charge on any atom is -0.508 e. The number of thiocarbonyl (C=S) groups is 1. The van der Waals surface area contributed by atoms with Crippen molar-refractivity contribution >= 4 is 63.8 Å². The van der Waals surface area contributed by atoms with Crippen molar-refractivity contribution in [3.05, 3.63) is 106 Å². The van der Waals surface area contributed by atoms with Crippen LogP contribution in [0.3, 0.4) is 0 Å². The van der Waals surface area contributed by atoms with Gasteiger partial charge in [-0.05, 0) is 90.8 Å². The number of hydrogen-bond acceptors (Lipinski definition) is 11. The SMILES string of the molecule is NC(N)=NCCC[C@@](N)(NC(=O)/C=C/c1ccc(O)cc1)C(=O)NCCOCCNC(=S)Nc1ccc(-c2c3ccc(=O)cc-3oc3cc(O)ccc23)c(C(=O)O)c1. The molecule has 0 unspecified atom stereocenters. The zero-order valence-electron chi connectivity index (χ0n) is 31.0. The number of aromatic hydroxyl groups is 2. The van der Waals surface area contributed by atoms with E-state index in [0.717, 1.165) is 0 Å². The van der Waals surface area contributed by atoms with Crippen molar-refractivity contribution in [2.45, 2.75) is 18.5 Å². The Kier molecular flexibility index (Phi) is 14.0. The molecule has 18 heteroatoms. The maximum absolute atomic E-state index is 13.2. The maximum Gasteiger partial charge on any atom is 0.336 e. The normalized spacial score (nSPS) is 12.2. The number of aliphatic imine (C=N–C) groups is 1. The molecule has 5 rings (SSSR count). The molecule has 2 aliphatic rings. The first-order valence-corrected chi connectivity index (χ1v) is 18.2. The Morgan fingerprint density at radius 3 is 2.33 bits per heavy atom. The number of benzene rings is 4. The number of carboxylic acids is 1. The first kappa shape index (κ1) is 42.1. The second-order valence-electron chi connectivity index (χ2n) is 12.9. The molecule has 0 spiro atoms. The van der Waals surface area contributed by atoms with Crippen molar-refractivity contribution in [1.82, 2.24) is 16.0 Å². The van der Waals surface area contributed by atoms with E-state index in [1.165, 1.54) is 54.6 Å². The number of carbonyl (C=O) groups is 3. The van der Waals surface area contributed by atoms with Crippen LogP contribution in [0, 0.1) is 0 Å². The number of phenolic OH excluding ortho intramolecular Hbond substituents is 2. The van der Waals surface area contributed by atoms with E-state index in [2.05, 4.69) is 26.3 Å². The summed E-state index contributed by atoms with van der Waals surface area (Å²) in [5, 5.41) is 41.6. The molecule has 3 aromatic rings. The number of carbonyl (C=O) groups excluding carboxylic acids is 2. The average molecular weight is 811 g/mol. The Bertz CT molecular complexity index is 2400. The molecule has 0 radical (unpaired) electrons. The summed E-state index contributed by atoms with van der Waals surface area (Å²) in [6.07, 6.45) is 3.03. The smallest absolute Gasteiger partial charge is 0.336 e. The van der Waals surface area contributed by atoms with Crippen molar-refractivity contribution in [3.8, 4) is 33.9 Å². The fourth-order valence-corrected chi connectivity index (χ4v) is 6.11.